The van der Waals surface area contributed by atoms with E-state index in [0.29, 0.717) is 12.0 Å². The van der Waals surface area contributed by atoms with Crippen molar-refractivity contribution < 1.29 is 9.53 Å². The third kappa shape index (κ3) is 4.13. The maximum absolute atomic E-state index is 12.4. The number of benzene rings is 2. The summed E-state index contributed by atoms with van der Waals surface area (Å²) in [6.07, 6.45) is 6.20. The summed E-state index contributed by atoms with van der Waals surface area (Å²) in [6.45, 7) is 3.19. The van der Waals surface area contributed by atoms with Gasteiger partial charge in [-0.2, -0.15) is 0 Å². The van der Waals surface area contributed by atoms with Crippen molar-refractivity contribution >= 4 is 17.5 Å². The smallest absolute Gasteiger partial charge is 0.411 e. The maximum atomic E-state index is 12.4. The van der Waals surface area contributed by atoms with Crippen LogP contribution < -0.4 is 10.2 Å². The number of aromatic nitrogens is 1. The normalized spacial score (nSPS) is 20.1. The fourth-order valence-corrected chi connectivity index (χ4v) is 4.69. The van der Waals surface area contributed by atoms with E-state index in [1.807, 2.05) is 36.7 Å². The summed E-state index contributed by atoms with van der Waals surface area (Å²) < 4.78 is 5.62. The Hall–Kier alpha value is -3.34. The highest BCUT2D eigenvalue weighted by Gasteiger charge is 2.42. The lowest BCUT2D eigenvalue weighted by Crippen LogP contribution is -2.26. The number of hydrogen-bond acceptors (Lipinski definition) is 4. The molecule has 0 spiro atoms. The summed E-state index contributed by atoms with van der Waals surface area (Å²) in [5.74, 6) is 0.319. The van der Waals surface area contributed by atoms with E-state index in [-0.39, 0.29) is 12.2 Å². The van der Waals surface area contributed by atoms with Crippen LogP contribution in [0.15, 0.2) is 73.1 Å². The molecule has 0 saturated heterocycles. The van der Waals surface area contributed by atoms with E-state index in [1.165, 1.54) is 22.4 Å². The lowest BCUT2D eigenvalue weighted by molar-refractivity contribution is 0.152. The molecule has 1 aliphatic carbocycles. The van der Waals surface area contributed by atoms with E-state index in [1.54, 1.807) is 0 Å². The number of pyridine rings is 1. The van der Waals surface area contributed by atoms with Crippen molar-refractivity contribution in [2.24, 2.45) is 0 Å². The second-order valence-electron chi connectivity index (χ2n) is 8.31. The van der Waals surface area contributed by atoms with Crippen LogP contribution in [-0.4, -0.2) is 23.7 Å². The molecule has 5 nitrogen and oxygen atoms in total. The quantitative estimate of drug-likeness (QED) is 0.563. The van der Waals surface area contributed by atoms with Gasteiger partial charge in [-0.25, -0.2) is 4.79 Å². The van der Waals surface area contributed by atoms with Crippen LogP contribution in [0.3, 0.4) is 0 Å². The molecular weight excluding hydrogens is 386 g/mol. The van der Waals surface area contributed by atoms with Crippen molar-refractivity contribution in [2.45, 2.75) is 44.2 Å². The average molecular weight is 414 g/mol. The molecule has 5 rings (SSSR count). The van der Waals surface area contributed by atoms with Crippen LogP contribution in [0.25, 0.3) is 0 Å². The van der Waals surface area contributed by atoms with E-state index < -0.39 is 0 Å². The third-order valence-corrected chi connectivity index (χ3v) is 6.33. The molecule has 1 saturated carbocycles. The Morgan fingerprint density at radius 2 is 1.97 bits per heavy atom. The Balaban J connectivity index is 1.23. The molecule has 3 atom stereocenters. The largest absolute Gasteiger partial charge is 0.445 e. The van der Waals surface area contributed by atoms with Crippen molar-refractivity contribution in [3.8, 4) is 0 Å². The van der Waals surface area contributed by atoms with Gasteiger partial charge in [0.15, 0.2) is 0 Å². The maximum Gasteiger partial charge on any atom is 0.411 e. The van der Waals surface area contributed by atoms with Gasteiger partial charge in [0.2, 0.25) is 0 Å². The first-order chi connectivity index (χ1) is 15.2. The topological polar surface area (TPSA) is 54.5 Å². The summed E-state index contributed by atoms with van der Waals surface area (Å²) in [5, 5.41) is 2.92. The molecule has 0 radical (unpaired) electrons. The van der Waals surface area contributed by atoms with Crippen LogP contribution in [0.1, 0.15) is 48.4 Å². The van der Waals surface area contributed by atoms with Gasteiger partial charge in [0.1, 0.15) is 6.10 Å². The molecule has 1 fully saturated rings. The van der Waals surface area contributed by atoms with Crippen molar-refractivity contribution in [3.05, 3.63) is 89.7 Å². The van der Waals surface area contributed by atoms with Crippen molar-refractivity contribution in [1.29, 1.82) is 0 Å². The van der Waals surface area contributed by atoms with Crippen molar-refractivity contribution in [3.63, 3.8) is 0 Å². The summed E-state index contributed by atoms with van der Waals surface area (Å²) in [5.41, 5.74) is 5.82. The minimum Gasteiger partial charge on any atom is -0.445 e. The number of nitrogens with one attached hydrogen (secondary N) is 1. The molecule has 0 bridgehead atoms. The Labute approximate surface area is 183 Å². The summed E-state index contributed by atoms with van der Waals surface area (Å²) in [7, 11) is 0. The van der Waals surface area contributed by atoms with Gasteiger partial charge in [0.05, 0.1) is 6.04 Å². The second kappa shape index (κ2) is 8.42. The average Bonchev–Trinajstić information content (AvgIpc) is 3.45. The van der Waals surface area contributed by atoms with Crippen LogP contribution in [0, 0.1) is 0 Å². The zero-order valence-electron chi connectivity index (χ0n) is 17.7. The Kier molecular flexibility index (Phi) is 5.33. The van der Waals surface area contributed by atoms with Gasteiger partial charge in [-0.1, -0.05) is 37.3 Å². The fraction of sp³-hybridized carbons (Fsp3) is 0.308. The van der Waals surface area contributed by atoms with E-state index in [9.17, 15) is 4.79 Å². The van der Waals surface area contributed by atoms with Crippen LogP contribution in [0.4, 0.5) is 16.2 Å². The number of carbonyl (C=O) groups excluding carboxylic acids is 1. The molecule has 5 heteroatoms. The van der Waals surface area contributed by atoms with E-state index in [2.05, 4.69) is 58.5 Å². The van der Waals surface area contributed by atoms with E-state index in [0.717, 1.165) is 31.5 Å². The van der Waals surface area contributed by atoms with Gasteiger partial charge in [0, 0.05) is 36.2 Å². The number of anilines is 2. The van der Waals surface area contributed by atoms with Crippen LogP contribution in [-0.2, 0) is 11.2 Å². The Morgan fingerprint density at radius 3 is 2.74 bits per heavy atom. The molecule has 2 aromatic carbocycles. The van der Waals surface area contributed by atoms with Gasteiger partial charge in [-0.3, -0.25) is 10.3 Å². The number of carbonyl (C=O) groups is 1. The highest BCUT2D eigenvalue weighted by molar-refractivity contribution is 5.86. The zero-order chi connectivity index (χ0) is 21.2. The van der Waals surface area contributed by atoms with E-state index >= 15 is 0 Å². The summed E-state index contributed by atoms with van der Waals surface area (Å²) >= 11 is 0. The number of rotatable bonds is 6. The molecule has 3 aromatic rings. The highest BCUT2D eigenvalue weighted by Crippen LogP contribution is 2.43. The molecule has 1 aromatic heterocycles. The first-order valence-electron chi connectivity index (χ1n) is 11.0. The molecule has 158 valence electrons. The van der Waals surface area contributed by atoms with Crippen LogP contribution in [0.5, 0.6) is 0 Å². The molecule has 1 aliphatic heterocycles. The number of fused-ring (bicyclic) bond motifs is 1. The fourth-order valence-electron chi connectivity index (χ4n) is 4.69. The Bertz CT molecular complexity index is 1050. The number of amides is 1. The molecular formula is C26H27N3O2. The predicted molar refractivity (Wildman–Crippen MR) is 122 cm³/mol. The number of hydrogen-bond donors (Lipinski definition) is 1. The van der Waals surface area contributed by atoms with Crippen molar-refractivity contribution in [1.82, 2.24) is 4.98 Å². The standard InChI is InChI=1S/C26H27N3O2/c1-2-23(19-10-13-27-14-11-19)29-15-12-20-16-21(8-9-24(20)29)28-26(30)31-25-17-22(25)18-6-4-3-5-7-18/h3-11,13-14,16,22-23,25H,2,12,15,17H2,1H3,(H,28,30). The van der Waals surface area contributed by atoms with Crippen LogP contribution >= 0.6 is 0 Å². The minimum absolute atomic E-state index is 0.0296. The van der Waals surface area contributed by atoms with Gasteiger partial charge < -0.3 is 9.64 Å². The molecule has 1 N–H and O–H groups in total. The van der Waals surface area contributed by atoms with Gasteiger partial charge >= 0.3 is 6.09 Å². The molecule has 2 heterocycles. The molecule has 3 unspecified atom stereocenters. The van der Waals surface area contributed by atoms with Crippen LogP contribution in [0.2, 0.25) is 0 Å². The minimum atomic E-state index is -0.374. The van der Waals surface area contributed by atoms with Crippen molar-refractivity contribution in [2.75, 3.05) is 16.8 Å². The lowest BCUT2D eigenvalue weighted by Gasteiger charge is -2.30. The van der Waals surface area contributed by atoms with E-state index in [4.69, 9.17) is 4.74 Å². The third-order valence-electron chi connectivity index (χ3n) is 6.33. The molecule has 1 amide bonds. The summed E-state index contributed by atoms with van der Waals surface area (Å²) in [6, 6.07) is 20.9. The number of ether oxygens (including phenoxy) is 1. The number of nitrogens with zero attached hydrogens (tertiary/aromatic N) is 2. The predicted octanol–water partition coefficient (Wildman–Crippen LogP) is 5.70. The lowest BCUT2D eigenvalue weighted by atomic mass is 10.0. The molecule has 2 aliphatic rings. The Morgan fingerprint density at radius 1 is 1.16 bits per heavy atom. The first-order valence-corrected chi connectivity index (χ1v) is 11.0. The first kappa shape index (κ1) is 19.6. The SMILES string of the molecule is CCC(c1ccncc1)N1CCc2cc(NC(=O)OC3CC3c3ccccc3)ccc21. The zero-order valence-corrected chi connectivity index (χ0v) is 17.7. The van der Waals surface area contributed by atoms with Gasteiger partial charge in [0.25, 0.3) is 0 Å². The summed E-state index contributed by atoms with van der Waals surface area (Å²) in [4.78, 5) is 19.0. The van der Waals surface area contributed by atoms with Gasteiger partial charge in [-0.05, 0) is 66.3 Å². The molecule has 31 heavy (non-hydrogen) atoms. The monoisotopic (exact) mass is 413 g/mol. The highest BCUT2D eigenvalue weighted by atomic mass is 16.6. The second-order valence-corrected chi connectivity index (χ2v) is 8.31. The van der Waals surface area contributed by atoms with Gasteiger partial charge in [-0.15, -0.1) is 0 Å².